The molecule has 3 heterocycles. The summed E-state index contributed by atoms with van der Waals surface area (Å²) in [5, 5.41) is 0. The van der Waals surface area contributed by atoms with E-state index in [0.29, 0.717) is 24.3 Å². The van der Waals surface area contributed by atoms with Crippen molar-refractivity contribution < 1.29 is 14.3 Å². The average Bonchev–Trinajstić information content (AvgIpc) is 2.67. The number of rotatable bonds is 3. The number of pyridine rings is 2. The molecule has 24 heavy (non-hydrogen) atoms. The molecule has 2 aromatic rings. The molecule has 0 aliphatic carbocycles. The number of anilines is 1. The molecule has 8 nitrogen and oxygen atoms in total. The first kappa shape index (κ1) is 15.9. The van der Waals surface area contributed by atoms with Crippen molar-refractivity contribution in [2.24, 2.45) is 0 Å². The molecule has 0 aromatic carbocycles. The van der Waals surface area contributed by atoms with Gasteiger partial charge in [0, 0.05) is 31.7 Å². The van der Waals surface area contributed by atoms with Gasteiger partial charge in [0.05, 0.1) is 24.3 Å². The minimum Gasteiger partial charge on any atom is -0.378 e. The summed E-state index contributed by atoms with van der Waals surface area (Å²) < 4.78 is 5.30. The molecule has 124 valence electrons. The highest BCUT2D eigenvalue weighted by atomic mass is 16.5. The highest BCUT2D eigenvalue weighted by molar-refractivity contribution is 5.98. The topological polar surface area (TPSA) is 96.5 Å². The normalized spacial score (nSPS) is 14.1. The molecule has 3 rings (SSSR count). The molecule has 1 aliphatic rings. The quantitative estimate of drug-likeness (QED) is 0.792. The van der Waals surface area contributed by atoms with Crippen LogP contribution in [0.3, 0.4) is 0 Å². The molecule has 1 saturated heterocycles. The van der Waals surface area contributed by atoms with Crippen LogP contribution in [0, 0.1) is 0 Å². The third kappa shape index (κ3) is 3.85. The van der Waals surface area contributed by atoms with Crippen molar-refractivity contribution in [3.8, 4) is 0 Å². The number of aromatic nitrogens is 2. The number of morpholine rings is 1. The molecular formula is C16H17N5O3. The Morgan fingerprint density at radius 3 is 2.29 bits per heavy atom. The number of amides is 2. The fraction of sp³-hybridized carbons (Fsp3) is 0.250. The molecular weight excluding hydrogens is 310 g/mol. The number of carbonyl (C=O) groups is 2. The highest BCUT2D eigenvalue weighted by Gasteiger charge is 2.14. The molecule has 2 amide bonds. The van der Waals surface area contributed by atoms with Gasteiger partial charge in [-0.25, -0.2) is 4.98 Å². The molecule has 0 radical (unpaired) electrons. The van der Waals surface area contributed by atoms with Crippen LogP contribution in [0.5, 0.6) is 0 Å². The first-order chi connectivity index (χ1) is 11.7. The maximum atomic E-state index is 12.1. The van der Waals surface area contributed by atoms with E-state index in [-0.39, 0.29) is 0 Å². The number of hydrogen-bond donors (Lipinski definition) is 2. The molecule has 1 aliphatic heterocycles. The van der Waals surface area contributed by atoms with E-state index in [2.05, 4.69) is 25.7 Å². The molecule has 0 spiro atoms. The van der Waals surface area contributed by atoms with E-state index < -0.39 is 11.8 Å². The molecule has 0 unspecified atom stereocenters. The zero-order chi connectivity index (χ0) is 16.8. The number of nitrogens with one attached hydrogen (secondary N) is 2. The SMILES string of the molecule is O=C(NNC(=O)c1ccc(N2CCOCC2)nc1)c1cccnc1. The first-order valence-electron chi connectivity index (χ1n) is 7.53. The zero-order valence-corrected chi connectivity index (χ0v) is 12.9. The minimum atomic E-state index is -0.437. The van der Waals surface area contributed by atoms with Gasteiger partial charge in [-0.05, 0) is 24.3 Å². The third-order valence-electron chi connectivity index (χ3n) is 3.56. The standard InChI is InChI=1S/C16H17N5O3/c22-15(12-2-1-5-17-10-12)19-20-16(23)13-3-4-14(18-11-13)21-6-8-24-9-7-21/h1-5,10-11H,6-9H2,(H,19,22)(H,20,23). The van der Waals surface area contributed by atoms with Crippen molar-refractivity contribution in [3.63, 3.8) is 0 Å². The lowest BCUT2D eigenvalue weighted by atomic mass is 10.2. The van der Waals surface area contributed by atoms with Crippen LogP contribution in [0.4, 0.5) is 5.82 Å². The summed E-state index contributed by atoms with van der Waals surface area (Å²) in [5.74, 6) is -0.0724. The Balaban J connectivity index is 1.56. The van der Waals surface area contributed by atoms with E-state index in [1.807, 2.05) is 0 Å². The number of hydrazine groups is 1. The van der Waals surface area contributed by atoms with Crippen LogP contribution in [0.1, 0.15) is 20.7 Å². The van der Waals surface area contributed by atoms with Crippen LogP contribution >= 0.6 is 0 Å². The van der Waals surface area contributed by atoms with Crippen LogP contribution in [-0.4, -0.2) is 48.1 Å². The van der Waals surface area contributed by atoms with Gasteiger partial charge < -0.3 is 9.64 Å². The number of nitrogens with zero attached hydrogens (tertiary/aromatic N) is 3. The van der Waals surface area contributed by atoms with Crippen molar-refractivity contribution in [2.75, 3.05) is 31.2 Å². The van der Waals surface area contributed by atoms with Gasteiger partial charge in [-0.2, -0.15) is 0 Å². The van der Waals surface area contributed by atoms with Gasteiger partial charge >= 0.3 is 0 Å². The smallest absolute Gasteiger partial charge is 0.271 e. The fourth-order valence-corrected chi connectivity index (χ4v) is 2.25. The summed E-state index contributed by atoms with van der Waals surface area (Å²) in [7, 11) is 0. The molecule has 0 bridgehead atoms. The van der Waals surface area contributed by atoms with Gasteiger partial charge in [-0.15, -0.1) is 0 Å². The van der Waals surface area contributed by atoms with Crippen molar-refractivity contribution in [3.05, 3.63) is 54.0 Å². The van der Waals surface area contributed by atoms with Gasteiger partial charge in [0.2, 0.25) is 0 Å². The van der Waals surface area contributed by atoms with Gasteiger partial charge in [0.15, 0.2) is 0 Å². The zero-order valence-electron chi connectivity index (χ0n) is 12.9. The fourth-order valence-electron chi connectivity index (χ4n) is 2.25. The second-order valence-corrected chi connectivity index (χ2v) is 5.15. The van der Waals surface area contributed by atoms with Crippen LogP contribution in [0.15, 0.2) is 42.9 Å². The Bertz CT molecular complexity index is 699. The maximum Gasteiger partial charge on any atom is 0.271 e. The van der Waals surface area contributed by atoms with E-state index in [1.54, 1.807) is 30.5 Å². The number of carbonyl (C=O) groups excluding carboxylic acids is 2. The summed E-state index contributed by atoms with van der Waals surface area (Å²) in [4.78, 5) is 34.1. The molecule has 1 fully saturated rings. The first-order valence-corrected chi connectivity index (χ1v) is 7.53. The lowest BCUT2D eigenvalue weighted by Gasteiger charge is -2.27. The van der Waals surface area contributed by atoms with Crippen LogP contribution in [0.2, 0.25) is 0 Å². The lowest BCUT2D eigenvalue weighted by molar-refractivity contribution is 0.0846. The van der Waals surface area contributed by atoms with Crippen LogP contribution in [-0.2, 0) is 4.74 Å². The van der Waals surface area contributed by atoms with E-state index in [4.69, 9.17) is 4.74 Å². The van der Waals surface area contributed by atoms with Gasteiger partial charge in [0.25, 0.3) is 11.8 Å². The summed E-state index contributed by atoms with van der Waals surface area (Å²) in [6.07, 6.45) is 4.47. The van der Waals surface area contributed by atoms with Gasteiger partial charge in [-0.3, -0.25) is 25.4 Å². The highest BCUT2D eigenvalue weighted by Crippen LogP contribution is 2.12. The maximum absolute atomic E-state index is 12.1. The van der Waals surface area contributed by atoms with Gasteiger partial charge in [-0.1, -0.05) is 0 Å². The molecule has 0 saturated carbocycles. The van der Waals surface area contributed by atoms with Crippen molar-refractivity contribution in [2.45, 2.75) is 0 Å². The molecule has 2 N–H and O–H groups in total. The second-order valence-electron chi connectivity index (χ2n) is 5.15. The number of hydrogen-bond acceptors (Lipinski definition) is 6. The third-order valence-corrected chi connectivity index (χ3v) is 3.56. The Morgan fingerprint density at radius 1 is 1.00 bits per heavy atom. The summed E-state index contributed by atoms with van der Waals surface area (Å²) in [6.45, 7) is 2.90. The van der Waals surface area contributed by atoms with E-state index in [0.717, 1.165) is 18.9 Å². The minimum absolute atomic E-state index is 0.360. The Kier molecular flexibility index (Phi) is 4.97. The molecule has 0 atom stereocenters. The molecule has 2 aromatic heterocycles. The lowest BCUT2D eigenvalue weighted by Crippen LogP contribution is -2.41. The predicted molar refractivity (Wildman–Crippen MR) is 86.4 cm³/mol. The van der Waals surface area contributed by atoms with Crippen molar-refractivity contribution >= 4 is 17.6 Å². The van der Waals surface area contributed by atoms with E-state index >= 15 is 0 Å². The second kappa shape index (κ2) is 7.51. The van der Waals surface area contributed by atoms with Crippen LogP contribution in [0.25, 0.3) is 0 Å². The van der Waals surface area contributed by atoms with E-state index in [9.17, 15) is 9.59 Å². The Hall–Kier alpha value is -3.00. The summed E-state index contributed by atoms with van der Waals surface area (Å²) in [5.41, 5.74) is 5.42. The molecule has 8 heteroatoms. The predicted octanol–water partition coefficient (Wildman–Crippen LogP) is 0.388. The summed E-state index contributed by atoms with van der Waals surface area (Å²) >= 11 is 0. The Labute approximate surface area is 138 Å². The van der Waals surface area contributed by atoms with Gasteiger partial charge in [0.1, 0.15) is 5.82 Å². The largest absolute Gasteiger partial charge is 0.378 e. The summed E-state index contributed by atoms with van der Waals surface area (Å²) in [6, 6.07) is 6.70. The van der Waals surface area contributed by atoms with Crippen molar-refractivity contribution in [1.82, 2.24) is 20.8 Å². The Morgan fingerprint density at radius 2 is 1.71 bits per heavy atom. The average molecular weight is 327 g/mol. The van der Waals surface area contributed by atoms with Crippen LogP contribution < -0.4 is 15.8 Å². The monoisotopic (exact) mass is 327 g/mol. The van der Waals surface area contributed by atoms with E-state index in [1.165, 1.54) is 12.4 Å². The van der Waals surface area contributed by atoms with Crippen molar-refractivity contribution in [1.29, 1.82) is 0 Å². The number of ether oxygens (including phenoxy) is 1.